The van der Waals surface area contributed by atoms with Crippen molar-refractivity contribution in [2.45, 2.75) is 26.8 Å². The van der Waals surface area contributed by atoms with Crippen LogP contribution in [0.25, 0.3) is 0 Å². The van der Waals surface area contributed by atoms with Gasteiger partial charge in [0.05, 0.1) is 0 Å². The van der Waals surface area contributed by atoms with Crippen molar-refractivity contribution >= 4 is 17.8 Å². The molecule has 1 atom stereocenters. The summed E-state index contributed by atoms with van der Waals surface area (Å²) in [6, 6.07) is 13.4. The first-order valence-corrected chi connectivity index (χ1v) is 8.64. The van der Waals surface area contributed by atoms with Gasteiger partial charge in [0.1, 0.15) is 0 Å². The zero-order valence-corrected chi connectivity index (χ0v) is 15.7. The van der Waals surface area contributed by atoms with E-state index in [4.69, 9.17) is 0 Å². The molecule has 0 heterocycles. The number of benzene rings is 2. The number of carboxylic acids is 1. The van der Waals surface area contributed by atoms with Crippen LogP contribution in [-0.2, 0) is 4.79 Å². The van der Waals surface area contributed by atoms with Crippen LogP contribution in [0.3, 0.4) is 0 Å². The van der Waals surface area contributed by atoms with Crippen LogP contribution in [0.1, 0.15) is 53.1 Å². The molecule has 0 aliphatic heterocycles. The van der Waals surface area contributed by atoms with Gasteiger partial charge in [0.2, 0.25) is 0 Å². The van der Waals surface area contributed by atoms with Gasteiger partial charge in [-0.1, -0.05) is 51.1 Å². The summed E-state index contributed by atoms with van der Waals surface area (Å²) >= 11 is 0. The first-order valence-electron chi connectivity index (χ1n) is 8.64. The SMILES string of the molecule is CC(C)(C)CNC(=O)c1ccc(C(=O)N[C@H](C(=O)O)c2ccccc2)cc1. The molecule has 0 aliphatic rings. The molecule has 0 saturated carbocycles. The molecule has 2 aromatic rings. The van der Waals surface area contributed by atoms with Crippen LogP contribution >= 0.6 is 0 Å². The van der Waals surface area contributed by atoms with Crippen molar-refractivity contribution < 1.29 is 19.5 Å². The summed E-state index contributed by atoms with van der Waals surface area (Å²) < 4.78 is 0. The molecule has 6 heteroatoms. The fourth-order valence-corrected chi connectivity index (χ4v) is 2.37. The lowest BCUT2D eigenvalue weighted by Crippen LogP contribution is -2.34. The number of carboxylic acid groups (broad SMARTS) is 1. The Morgan fingerprint density at radius 3 is 1.89 bits per heavy atom. The first kappa shape index (κ1) is 20.2. The Kier molecular flexibility index (Phi) is 6.34. The highest BCUT2D eigenvalue weighted by molar-refractivity contribution is 5.99. The van der Waals surface area contributed by atoms with Crippen molar-refractivity contribution in [3.05, 3.63) is 71.3 Å². The molecule has 0 fully saturated rings. The predicted molar refractivity (Wildman–Crippen MR) is 103 cm³/mol. The van der Waals surface area contributed by atoms with Gasteiger partial charge in [0.15, 0.2) is 6.04 Å². The summed E-state index contributed by atoms with van der Waals surface area (Å²) in [5.41, 5.74) is 1.17. The summed E-state index contributed by atoms with van der Waals surface area (Å²) in [5.74, 6) is -1.88. The Balaban J connectivity index is 2.06. The molecule has 0 aliphatic carbocycles. The third kappa shape index (κ3) is 5.95. The quantitative estimate of drug-likeness (QED) is 0.730. The second-order valence-electron chi connectivity index (χ2n) is 7.48. The summed E-state index contributed by atoms with van der Waals surface area (Å²) in [5, 5.41) is 14.7. The lowest BCUT2D eigenvalue weighted by Gasteiger charge is -2.18. The number of hydrogen-bond acceptors (Lipinski definition) is 3. The van der Waals surface area contributed by atoms with Crippen LogP contribution in [0.4, 0.5) is 0 Å². The Hall–Kier alpha value is -3.15. The molecule has 0 spiro atoms. The number of carbonyl (C=O) groups excluding carboxylic acids is 2. The topological polar surface area (TPSA) is 95.5 Å². The van der Waals surface area contributed by atoms with Gasteiger partial charge in [0, 0.05) is 17.7 Å². The molecule has 142 valence electrons. The van der Waals surface area contributed by atoms with Gasteiger partial charge in [-0.2, -0.15) is 0 Å². The third-order valence-corrected chi connectivity index (χ3v) is 3.84. The molecular formula is C21H24N2O4. The lowest BCUT2D eigenvalue weighted by atomic mass is 9.97. The summed E-state index contributed by atoms with van der Waals surface area (Å²) in [6.45, 7) is 6.59. The van der Waals surface area contributed by atoms with E-state index in [1.165, 1.54) is 12.1 Å². The molecule has 2 rings (SSSR count). The Labute approximate surface area is 158 Å². The Bertz CT molecular complexity index is 808. The number of nitrogens with one attached hydrogen (secondary N) is 2. The maximum absolute atomic E-state index is 12.4. The third-order valence-electron chi connectivity index (χ3n) is 3.84. The second kappa shape index (κ2) is 8.49. The summed E-state index contributed by atoms with van der Waals surface area (Å²) in [6.07, 6.45) is 0. The van der Waals surface area contributed by atoms with Crippen LogP contribution in [-0.4, -0.2) is 29.4 Å². The molecule has 3 N–H and O–H groups in total. The van der Waals surface area contributed by atoms with Crippen molar-refractivity contribution in [3.8, 4) is 0 Å². The normalized spacial score (nSPS) is 12.1. The number of carbonyl (C=O) groups is 3. The van der Waals surface area contributed by atoms with Gasteiger partial charge in [-0.3, -0.25) is 9.59 Å². The average molecular weight is 368 g/mol. The van der Waals surface area contributed by atoms with Crippen LogP contribution in [0.15, 0.2) is 54.6 Å². The fourth-order valence-electron chi connectivity index (χ4n) is 2.37. The van der Waals surface area contributed by atoms with Crippen LogP contribution < -0.4 is 10.6 Å². The smallest absolute Gasteiger partial charge is 0.330 e. The van der Waals surface area contributed by atoms with Crippen LogP contribution in [0.2, 0.25) is 0 Å². The van der Waals surface area contributed by atoms with E-state index in [2.05, 4.69) is 10.6 Å². The average Bonchev–Trinajstić information content (AvgIpc) is 2.64. The zero-order valence-electron chi connectivity index (χ0n) is 15.7. The number of aliphatic carboxylic acids is 1. The van der Waals surface area contributed by atoms with E-state index >= 15 is 0 Å². The van der Waals surface area contributed by atoms with Crippen molar-refractivity contribution in [2.75, 3.05) is 6.54 Å². The summed E-state index contributed by atoms with van der Waals surface area (Å²) in [4.78, 5) is 36.0. The van der Waals surface area contributed by atoms with Gasteiger partial charge in [-0.25, -0.2) is 4.79 Å². The second-order valence-corrected chi connectivity index (χ2v) is 7.48. The van der Waals surface area contributed by atoms with Crippen molar-refractivity contribution in [3.63, 3.8) is 0 Å². The minimum absolute atomic E-state index is 0.0290. The number of amides is 2. The van der Waals surface area contributed by atoms with E-state index in [1.54, 1.807) is 42.5 Å². The maximum atomic E-state index is 12.4. The van der Waals surface area contributed by atoms with Gasteiger partial charge >= 0.3 is 5.97 Å². The van der Waals surface area contributed by atoms with Gasteiger partial charge in [-0.15, -0.1) is 0 Å². The van der Waals surface area contributed by atoms with Crippen molar-refractivity contribution in [1.82, 2.24) is 10.6 Å². The summed E-state index contributed by atoms with van der Waals surface area (Å²) in [7, 11) is 0. The molecule has 0 radical (unpaired) electrons. The Morgan fingerprint density at radius 1 is 0.889 bits per heavy atom. The first-order chi connectivity index (χ1) is 12.7. The lowest BCUT2D eigenvalue weighted by molar-refractivity contribution is -0.139. The van der Waals surface area contributed by atoms with E-state index in [9.17, 15) is 19.5 Å². The monoisotopic (exact) mass is 368 g/mol. The van der Waals surface area contributed by atoms with Gasteiger partial charge in [0.25, 0.3) is 11.8 Å². The van der Waals surface area contributed by atoms with E-state index in [0.29, 0.717) is 17.7 Å². The van der Waals surface area contributed by atoms with E-state index < -0.39 is 17.9 Å². The maximum Gasteiger partial charge on any atom is 0.330 e. The minimum Gasteiger partial charge on any atom is -0.479 e. The van der Waals surface area contributed by atoms with Crippen molar-refractivity contribution in [1.29, 1.82) is 0 Å². The van der Waals surface area contributed by atoms with Gasteiger partial charge < -0.3 is 15.7 Å². The van der Waals surface area contributed by atoms with E-state index in [0.717, 1.165) is 0 Å². The number of rotatable bonds is 6. The Morgan fingerprint density at radius 2 is 1.41 bits per heavy atom. The molecule has 27 heavy (non-hydrogen) atoms. The van der Waals surface area contributed by atoms with E-state index in [-0.39, 0.29) is 16.9 Å². The largest absolute Gasteiger partial charge is 0.479 e. The van der Waals surface area contributed by atoms with Crippen LogP contribution in [0, 0.1) is 5.41 Å². The molecule has 0 bridgehead atoms. The molecular weight excluding hydrogens is 344 g/mol. The zero-order chi connectivity index (χ0) is 20.0. The molecule has 6 nitrogen and oxygen atoms in total. The molecule has 2 aromatic carbocycles. The molecule has 0 saturated heterocycles. The highest BCUT2D eigenvalue weighted by atomic mass is 16.4. The molecule has 2 amide bonds. The minimum atomic E-state index is -1.15. The van der Waals surface area contributed by atoms with Crippen LogP contribution in [0.5, 0.6) is 0 Å². The standard InChI is InChI=1S/C21H24N2O4/c1-21(2,3)13-22-18(24)15-9-11-16(12-10-15)19(25)23-17(20(26)27)14-7-5-4-6-8-14/h4-12,17H,13H2,1-3H3,(H,22,24)(H,23,25)(H,26,27)/t17-/m0/s1. The van der Waals surface area contributed by atoms with Gasteiger partial charge in [-0.05, 0) is 35.2 Å². The molecule has 0 unspecified atom stereocenters. The predicted octanol–water partition coefficient (Wildman–Crippen LogP) is 3.02. The fraction of sp³-hybridized carbons (Fsp3) is 0.286. The molecule has 0 aromatic heterocycles. The van der Waals surface area contributed by atoms with Crippen molar-refractivity contribution in [2.24, 2.45) is 5.41 Å². The van der Waals surface area contributed by atoms with E-state index in [1.807, 2.05) is 20.8 Å². The highest BCUT2D eigenvalue weighted by Crippen LogP contribution is 2.15. The highest BCUT2D eigenvalue weighted by Gasteiger charge is 2.22. The number of hydrogen-bond donors (Lipinski definition) is 3.